The fourth-order valence-electron chi connectivity index (χ4n) is 1.50. The van der Waals surface area contributed by atoms with Crippen LogP contribution in [-0.4, -0.2) is 28.3 Å². The van der Waals surface area contributed by atoms with Crippen LogP contribution in [0.2, 0.25) is 0 Å². The van der Waals surface area contributed by atoms with Crippen LogP contribution in [-0.2, 0) is 19.7 Å². The van der Waals surface area contributed by atoms with Gasteiger partial charge in [-0.15, -0.1) is 0 Å². The van der Waals surface area contributed by atoms with Gasteiger partial charge >= 0.3 is 23.7 Å². The van der Waals surface area contributed by atoms with E-state index < -0.39 is 47.3 Å². The number of hydrogen-bond donors (Lipinski definition) is 0. The van der Waals surface area contributed by atoms with E-state index >= 15 is 0 Å². The fraction of sp³-hybridized carbons (Fsp3) is 1.00. The number of hydrogen-bond acceptors (Lipinski definition) is 3. The lowest BCUT2D eigenvalue weighted by molar-refractivity contribution is -0.370. The SMILES string of the molecule is CC(C)(C)[C@H]1CC(C(F)(F)F)(C(F)(F)F)O[S@](=O)O1. The Kier molecular flexibility index (Phi) is 4.04. The summed E-state index contributed by atoms with van der Waals surface area (Å²) in [5.41, 5.74) is -5.53. The molecule has 1 aliphatic rings. The lowest BCUT2D eigenvalue weighted by Crippen LogP contribution is -2.64. The molecule has 1 saturated heterocycles. The van der Waals surface area contributed by atoms with Crippen molar-refractivity contribution in [2.75, 3.05) is 0 Å². The highest BCUT2D eigenvalue weighted by Crippen LogP contribution is 2.53. The summed E-state index contributed by atoms with van der Waals surface area (Å²) < 4.78 is 96.0. The Labute approximate surface area is 108 Å². The summed E-state index contributed by atoms with van der Waals surface area (Å²) in [6.07, 6.45) is -14.5. The Hall–Kier alpha value is -0.350. The first-order valence-corrected chi connectivity index (χ1v) is 6.12. The zero-order chi connectivity index (χ0) is 15.3. The molecule has 0 aromatic carbocycles. The molecule has 0 radical (unpaired) electrons. The van der Waals surface area contributed by atoms with E-state index in [0.717, 1.165) is 0 Å². The van der Waals surface area contributed by atoms with E-state index in [4.69, 9.17) is 0 Å². The highest BCUT2D eigenvalue weighted by atomic mass is 32.2. The van der Waals surface area contributed by atoms with Crippen molar-refractivity contribution in [1.29, 1.82) is 0 Å². The Morgan fingerprint density at radius 2 is 1.47 bits per heavy atom. The molecular weight excluding hydrogens is 302 g/mol. The van der Waals surface area contributed by atoms with Gasteiger partial charge in [0.25, 0.3) is 5.60 Å². The summed E-state index contributed by atoms with van der Waals surface area (Å²) in [6.45, 7) is 4.16. The Morgan fingerprint density at radius 3 is 1.79 bits per heavy atom. The molecule has 0 N–H and O–H groups in total. The standard InChI is InChI=1S/C9H12F6O3S/c1-6(2,3)5-4-7(8(10,11)12,9(13,14)15)18-19(16)17-5/h5H,4H2,1-3H3/t5-,19-/m1/s1. The molecule has 1 rings (SSSR count). The van der Waals surface area contributed by atoms with Gasteiger partial charge in [0, 0.05) is 6.42 Å². The molecule has 1 heterocycles. The average molecular weight is 314 g/mol. The van der Waals surface area contributed by atoms with Gasteiger partial charge in [0.15, 0.2) is 0 Å². The number of alkyl halides is 6. The molecule has 19 heavy (non-hydrogen) atoms. The molecular formula is C9H12F6O3S. The van der Waals surface area contributed by atoms with E-state index in [0.29, 0.717) is 0 Å². The number of halogens is 6. The summed E-state index contributed by atoms with van der Waals surface area (Å²) in [4.78, 5) is 0. The van der Waals surface area contributed by atoms with Crippen LogP contribution in [0.4, 0.5) is 26.3 Å². The van der Waals surface area contributed by atoms with E-state index in [-0.39, 0.29) is 0 Å². The molecule has 0 unspecified atom stereocenters. The van der Waals surface area contributed by atoms with Crippen molar-refractivity contribution in [2.45, 2.75) is 51.2 Å². The molecule has 114 valence electrons. The van der Waals surface area contributed by atoms with Crippen LogP contribution in [0, 0.1) is 5.41 Å². The summed E-state index contributed by atoms with van der Waals surface area (Å²) in [7, 11) is 0. The maximum absolute atomic E-state index is 12.8. The molecule has 1 fully saturated rings. The summed E-state index contributed by atoms with van der Waals surface area (Å²) in [5, 5.41) is 0. The first-order chi connectivity index (χ1) is 8.21. The summed E-state index contributed by atoms with van der Waals surface area (Å²) in [5.74, 6) is 0. The van der Waals surface area contributed by atoms with Crippen LogP contribution < -0.4 is 0 Å². The van der Waals surface area contributed by atoms with Crippen molar-refractivity contribution in [2.24, 2.45) is 5.41 Å². The molecule has 3 nitrogen and oxygen atoms in total. The van der Waals surface area contributed by atoms with Crippen LogP contribution in [0.1, 0.15) is 27.2 Å². The molecule has 0 amide bonds. The molecule has 0 spiro atoms. The van der Waals surface area contributed by atoms with Crippen LogP contribution in [0.25, 0.3) is 0 Å². The van der Waals surface area contributed by atoms with Crippen molar-refractivity contribution in [3.8, 4) is 0 Å². The second-order valence-corrected chi connectivity index (χ2v) is 6.03. The highest BCUT2D eigenvalue weighted by Gasteiger charge is 2.76. The molecule has 10 heteroatoms. The van der Waals surface area contributed by atoms with Crippen molar-refractivity contribution in [3.05, 3.63) is 0 Å². The van der Waals surface area contributed by atoms with Gasteiger partial charge in [-0.05, 0) is 5.41 Å². The molecule has 0 aliphatic carbocycles. The van der Waals surface area contributed by atoms with Crippen molar-refractivity contribution >= 4 is 11.4 Å². The van der Waals surface area contributed by atoms with Gasteiger partial charge in [-0.3, -0.25) is 4.18 Å². The van der Waals surface area contributed by atoms with Gasteiger partial charge in [0.05, 0.1) is 6.10 Å². The minimum absolute atomic E-state index is 1.05. The molecule has 2 atom stereocenters. The highest BCUT2D eigenvalue weighted by molar-refractivity contribution is 7.75. The van der Waals surface area contributed by atoms with Crippen LogP contribution >= 0.6 is 0 Å². The second-order valence-electron chi connectivity index (χ2n) is 5.27. The molecule has 0 bridgehead atoms. The Bertz CT molecular complexity index is 356. The summed E-state index contributed by atoms with van der Waals surface area (Å²) in [6, 6.07) is 0. The van der Waals surface area contributed by atoms with E-state index in [1.807, 2.05) is 0 Å². The van der Waals surface area contributed by atoms with Crippen LogP contribution in [0.5, 0.6) is 0 Å². The average Bonchev–Trinajstić information content (AvgIpc) is 2.11. The van der Waals surface area contributed by atoms with Crippen molar-refractivity contribution in [3.63, 3.8) is 0 Å². The lowest BCUT2D eigenvalue weighted by Gasteiger charge is -2.44. The van der Waals surface area contributed by atoms with E-state index in [1.54, 1.807) is 0 Å². The minimum atomic E-state index is -5.74. The number of rotatable bonds is 0. The maximum atomic E-state index is 12.8. The van der Waals surface area contributed by atoms with Crippen molar-refractivity contribution in [1.82, 2.24) is 0 Å². The first-order valence-electron chi connectivity index (χ1n) is 5.12. The molecule has 0 aromatic heterocycles. The van der Waals surface area contributed by atoms with Gasteiger partial charge < -0.3 is 0 Å². The van der Waals surface area contributed by atoms with Crippen LogP contribution in [0.3, 0.4) is 0 Å². The van der Waals surface area contributed by atoms with Gasteiger partial charge in [-0.1, -0.05) is 20.8 Å². The fourth-order valence-corrected chi connectivity index (χ4v) is 2.57. The topological polar surface area (TPSA) is 35.5 Å². The quantitative estimate of drug-likeness (QED) is 0.644. The first kappa shape index (κ1) is 16.7. The van der Waals surface area contributed by atoms with Gasteiger partial charge in [-0.25, -0.2) is 4.18 Å². The van der Waals surface area contributed by atoms with Gasteiger partial charge in [-0.2, -0.15) is 30.6 Å². The third kappa shape index (κ3) is 3.05. The van der Waals surface area contributed by atoms with Gasteiger partial charge in [0.1, 0.15) is 0 Å². The largest absolute Gasteiger partial charge is 0.428 e. The molecule has 0 saturated carbocycles. The lowest BCUT2D eigenvalue weighted by atomic mass is 9.81. The Balaban J connectivity index is 3.29. The van der Waals surface area contributed by atoms with E-state index in [2.05, 4.69) is 8.37 Å². The monoisotopic (exact) mass is 314 g/mol. The zero-order valence-corrected chi connectivity index (χ0v) is 11.0. The third-order valence-electron chi connectivity index (χ3n) is 2.76. The predicted molar refractivity (Wildman–Crippen MR) is 53.0 cm³/mol. The second kappa shape index (κ2) is 4.59. The molecule has 0 aromatic rings. The summed E-state index contributed by atoms with van der Waals surface area (Å²) >= 11 is -3.12. The zero-order valence-electron chi connectivity index (χ0n) is 10.2. The third-order valence-corrected chi connectivity index (χ3v) is 3.57. The van der Waals surface area contributed by atoms with Crippen molar-refractivity contribution < 1.29 is 38.9 Å². The maximum Gasteiger partial charge on any atom is 0.428 e. The normalized spacial score (nSPS) is 29.3. The van der Waals surface area contributed by atoms with E-state index in [9.17, 15) is 30.6 Å². The predicted octanol–water partition coefficient (Wildman–Crippen LogP) is 3.28. The van der Waals surface area contributed by atoms with Gasteiger partial charge in [0.2, 0.25) is 0 Å². The van der Waals surface area contributed by atoms with E-state index in [1.165, 1.54) is 20.8 Å². The smallest absolute Gasteiger partial charge is 0.264 e. The molecule has 1 aliphatic heterocycles. The van der Waals surface area contributed by atoms with Crippen LogP contribution in [0.15, 0.2) is 0 Å². The Morgan fingerprint density at radius 1 is 1.05 bits per heavy atom. The minimum Gasteiger partial charge on any atom is -0.264 e.